The number of rotatable bonds is 3. The Kier molecular flexibility index (Phi) is 5.07. The molecule has 1 aliphatic carbocycles. The Morgan fingerprint density at radius 3 is 2.27 bits per heavy atom. The Labute approximate surface area is 94.7 Å². The van der Waals surface area contributed by atoms with E-state index in [-0.39, 0.29) is 6.10 Å². The van der Waals surface area contributed by atoms with Gasteiger partial charge in [0.1, 0.15) is 0 Å². The Morgan fingerprint density at radius 1 is 1.07 bits per heavy atom. The highest BCUT2D eigenvalue weighted by molar-refractivity contribution is 4.83. The number of nitrogens with zero attached hydrogens (tertiary/aromatic N) is 1. The normalized spacial score (nSPS) is 30.6. The standard InChI is InChI=1S/C13H27NO/c1-10(2)11(3)14(4)12-8-6-5-7-9-13(12)15/h10-13,15H,5-9H2,1-4H3. The molecule has 3 unspecified atom stereocenters. The maximum atomic E-state index is 10.1. The fraction of sp³-hybridized carbons (Fsp3) is 1.00. The van der Waals surface area contributed by atoms with E-state index in [0.29, 0.717) is 18.0 Å². The van der Waals surface area contributed by atoms with Gasteiger partial charge in [0.05, 0.1) is 6.10 Å². The van der Waals surface area contributed by atoms with Crippen LogP contribution in [0, 0.1) is 5.92 Å². The number of aliphatic hydroxyl groups excluding tert-OH is 1. The average molecular weight is 213 g/mol. The van der Waals surface area contributed by atoms with E-state index in [1.807, 2.05) is 0 Å². The molecule has 1 N–H and O–H groups in total. The first kappa shape index (κ1) is 13.0. The van der Waals surface area contributed by atoms with Gasteiger partial charge in [0.2, 0.25) is 0 Å². The third-order valence-corrected chi connectivity index (χ3v) is 4.07. The largest absolute Gasteiger partial charge is 0.391 e. The zero-order chi connectivity index (χ0) is 11.4. The van der Waals surface area contributed by atoms with Gasteiger partial charge >= 0.3 is 0 Å². The van der Waals surface area contributed by atoms with Crippen molar-refractivity contribution in [3.05, 3.63) is 0 Å². The molecule has 1 saturated carbocycles. The van der Waals surface area contributed by atoms with E-state index in [9.17, 15) is 5.11 Å². The van der Waals surface area contributed by atoms with Gasteiger partial charge in [0, 0.05) is 12.1 Å². The van der Waals surface area contributed by atoms with Gasteiger partial charge in [-0.25, -0.2) is 0 Å². The maximum absolute atomic E-state index is 10.1. The fourth-order valence-corrected chi connectivity index (χ4v) is 2.52. The van der Waals surface area contributed by atoms with Crippen LogP contribution in [-0.4, -0.2) is 35.2 Å². The first-order chi connectivity index (χ1) is 7.04. The highest BCUT2D eigenvalue weighted by Gasteiger charge is 2.28. The van der Waals surface area contributed by atoms with E-state index >= 15 is 0 Å². The Hall–Kier alpha value is -0.0800. The molecule has 1 aliphatic rings. The number of likely N-dealkylation sites (N-methyl/N-ethyl adjacent to an activating group) is 1. The lowest BCUT2D eigenvalue weighted by Crippen LogP contribution is -2.47. The van der Waals surface area contributed by atoms with Gasteiger partial charge in [-0.05, 0) is 32.7 Å². The predicted octanol–water partition coefficient (Wildman–Crippen LogP) is 2.66. The zero-order valence-corrected chi connectivity index (χ0v) is 10.7. The van der Waals surface area contributed by atoms with Crippen LogP contribution in [-0.2, 0) is 0 Å². The second-order valence-electron chi connectivity index (χ2n) is 5.42. The van der Waals surface area contributed by atoms with Crippen molar-refractivity contribution in [2.24, 2.45) is 5.92 Å². The highest BCUT2D eigenvalue weighted by atomic mass is 16.3. The van der Waals surface area contributed by atoms with Crippen LogP contribution in [0.3, 0.4) is 0 Å². The molecule has 1 fully saturated rings. The van der Waals surface area contributed by atoms with Crippen LogP contribution >= 0.6 is 0 Å². The van der Waals surface area contributed by atoms with E-state index in [0.717, 1.165) is 12.8 Å². The minimum Gasteiger partial charge on any atom is -0.391 e. The zero-order valence-electron chi connectivity index (χ0n) is 10.7. The van der Waals surface area contributed by atoms with Gasteiger partial charge in [-0.15, -0.1) is 0 Å². The van der Waals surface area contributed by atoms with Gasteiger partial charge in [-0.3, -0.25) is 4.90 Å². The van der Waals surface area contributed by atoms with Crippen molar-refractivity contribution in [2.45, 2.75) is 71.1 Å². The molecule has 0 amide bonds. The predicted molar refractivity (Wildman–Crippen MR) is 64.9 cm³/mol. The number of aliphatic hydroxyl groups is 1. The van der Waals surface area contributed by atoms with Crippen molar-refractivity contribution in [1.82, 2.24) is 4.90 Å². The van der Waals surface area contributed by atoms with E-state index in [4.69, 9.17) is 0 Å². The van der Waals surface area contributed by atoms with Crippen LogP contribution in [0.2, 0.25) is 0 Å². The fourth-order valence-electron chi connectivity index (χ4n) is 2.52. The quantitative estimate of drug-likeness (QED) is 0.729. The van der Waals surface area contributed by atoms with Crippen LogP contribution in [0.5, 0.6) is 0 Å². The number of hydrogen-bond acceptors (Lipinski definition) is 2. The summed E-state index contributed by atoms with van der Waals surface area (Å²) in [6, 6.07) is 0.938. The molecular formula is C13H27NO. The smallest absolute Gasteiger partial charge is 0.0695 e. The summed E-state index contributed by atoms with van der Waals surface area (Å²) in [6.07, 6.45) is 5.79. The molecule has 0 aromatic carbocycles. The average Bonchev–Trinajstić information content (AvgIpc) is 2.40. The second kappa shape index (κ2) is 5.86. The lowest BCUT2D eigenvalue weighted by atomic mass is 9.98. The summed E-state index contributed by atoms with van der Waals surface area (Å²) < 4.78 is 0. The minimum atomic E-state index is -0.112. The summed E-state index contributed by atoms with van der Waals surface area (Å²) in [5, 5.41) is 10.1. The first-order valence-electron chi connectivity index (χ1n) is 6.44. The van der Waals surface area contributed by atoms with E-state index in [2.05, 4.69) is 32.7 Å². The summed E-state index contributed by atoms with van der Waals surface area (Å²) in [5.74, 6) is 0.658. The van der Waals surface area contributed by atoms with E-state index in [1.54, 1.807) is 0 Å². The highest BCUT2D eigenvalue weighted by Crippen LogP contribution is 2.24. The number of hydrogen-bond donors (Lipinski definition) is 1. The molecule has 2 heteroatoms. The van der Waals surface area contributed by atoms with Crippen LogP contribution in [0.15, 0.2) is 0 Å². The van der Waals surface area contributed by atoms with Crippen molar-refractivity contribution in [1.29, 1.82) is 0 Å². The van der Waals surface area contributed by atoms with Gasteiger partial charge in [0.15, 0.2) is 0 Å². The second-order valence-corrected chi connectivity index (χ2v) is 5.42. The molecular weight excluding hydrogens is 186 g/mol. The van der Waals surface area contributed by atoms with E-state index < -0.39 is 0 Å². The third-order valence-electron chi connectivity index (χ3n) is 4.07. The molecule has 3 atom stereocenters. The minimum absolute atomic E-state index is 0.112. The monoisotopic (exact) mass is 213 g/mol. The first-order valence-corrected chi connectivity index (χ1v) is 6.44. The third kappa shape index (κ3) is 3.46. The Bertz CT molecular complexity index is 181. The molecule has 15 heavy (non-hydrogen) atoms. The van der Waals surface area contributed by atoms with Crippen LogP contribution in [0.25, 0.3) is 0 Å². The molecule has 0 bridgehead atoms. The summed E-state index contributed by atoms with van der Waals surface area (Å²) in [6.45, 7) is 6.77. The lowest BCUT2D eigenvalue weighted by molar-refractivity contribution is 0.0292. The van der Waals surface area contributed by atoms with Crippen molar-refractivity contribution >= 4 is 0 Å². The van der Waals surface area contributed by atoms with Gasteiger partial charge < -0.3 is 5.11 Å². The van der Waals surface area contributed by atoms with Crippen LogP contribution in [0.1, 0.15) is 52.9 Å². The van der Waals surface area contributed by atoms with Crippen molar-refractivity contribution in [2.75, 3.05) is 7.05 Å². The van der Waals surface area contributed by atoms with Crippen LogP contribution in [0.4, 0.5) is 0 Å². The van der Waals surface area contributed by atoms with Crippen molar-refractivity contribution < 1.29 is 5.11 Å². The molecule has 90 valence electrons. The molecule has 0 spiro atoms. The summed E-state index contributed by atoms with van der Waals surface area (Å²) in [4.78, 5) is 2.39. The maximum Gasteiger partial charge on any atom is 0.0695 e. The van der Waals surface area contributed by atoms with E-state index in [1.165, 1.54) is 19.3 Å². The summed E-state index contributed by atoms with van der Waals surface area (Å²) >= 11 is 0. The van der Waals surface area contributed by atoms with Gasteiger partial charge in [-0.1, -0.05) is 33.1 Å². The Balaban J connectivity index is 2.58. The molecule has 0 saturated heterocycles. The lowest BCUT2D eigenvalue weighted by Gasteiger charge is -2.37. The summed E-state index contributed by atoms with van der Waals surface area (Å²) in [7, 11) is 2.17. The molecule has 1 rings (SSSR count). The van der Waals surface area contributed by atoms with Gasteiger partial charge in [0.25, 0.3) is 0 Å². The molecule has 0 aromatic rings. The summed E-state index contributed by atoms with van der Waals surface area (Å²) in [5.41, 5.74) is 0. The molecule has 0 aromatic heterocycles. The van der Waals surface area contributed by atoms with Crippen molar-refractivity contribution in [3.8, 4) is 0 Å². The van der Waals surface area contributed by atoms with Gasteiger partial charge in [-0.2, -0.15) is 0 Å². The van der Waals surface area contributed by atoms with Crippen molar-refractivity contribution in [3.63, 3.8) is 0 Å². The Morgan fingerprint density at radius 2 is 1.67 bits per heavy atom. The topological polar surface area (TPSA) is 23.5 Å². The molecule has 0 heterocycles. The molecule has 2 nitrogen and oxygen atoms in total. The molecule has 0 radical (unpaired) electrons. The SMILES string of the molecule is CC(C)C(C)N(C)C1CCCCCC1O. The van der Waals surface area contributed by atoms with Crippen LogP contribution < -0.4 is 0 Å². The molecule has 0 aliphatic heterocycles.